The number of nitrogens with one attached hydrogen (secondary N) is 1. The second-order valence-electron chi connectivity index (χ2n) is 3.64. The van der Waals surface area contributed by atoms with Gasteiger partial charge < -0.3 is 5.32 Å². The first kappa shape index (κ1) is 14.1. The van der Waals surface area contributed by atoms with Gasteiger partial charge in [0.25, 0.3) is 0 Å². The van der Waals surface area contributed by atoms with E-state index in [-0.39, 0.29) is 17.5 Å². The average molecular weight is 229 g/mol. The lowest BCUT2D eigenvalue weighted by atomic mass is 9.93. The van der Waals surface area contributed by atoms with E-state index in [0.29, 0.717) is 18.3 Å². The van der Waals surface area contributed by atoms with Gasteiger partial charge in [-0.15, -0.1) is 0 Å². The summed E-state index contributed by atoms with van der Waals surface area (Å²) in [5.41, 5.74) is -4.08. The zero-order chi connectivity index (χ0) is 11.2. The van der Waals surface area contributed by atoms with Gasteiger partial charge in [-0.1, -0.05) is 25.6 Å². The summed E-state index contributed by atoms with van der Waals surface area (Å²) in [6.45, 7) is 4.87. The summed E-state index contributed by atoms with van der Waals surface area (Å²) in [6.07, 6.45) is 0.614. The van der Waals surface area contributed by atoms with Crippen molar-refractivity contribution in [1.82, 2.24) is 5.32 Å². The molecule has 0 saturated carbocycles. The minimum Gasteiger partial charge on any atom is -0.319 e. The van der Waals surface area contributed by atoms with Crippen molar-refractivity contribution in [3.05, 3.63) is 0 Å². The summed E-state index contributed by atoms with van der Waals surface area (Å²) < 4.78 is 35.5. The Morgan fingerprint density at radius 2 is 1.86 bits per heavy atom. The third kappa shape index (κ3) is 7.50. The van der Waals surface area contributed by atoms with Crippen LogP contribution in [0.3, 0.4) is 0 Å². The Morgan fingerprint density at radius 3 is 2.21 bits per heavy atom. The fraction of sp³-hybridized carbons (Fsp3) is 1.00. The van der Waals surface area contributed by atoms with Crippen LogP contribution < -0.4 is 5.32 Å². The summed E-state index contributed by atoms with van der Waals surface area (Å²) in [5, 5.41) is 3.01. The molecule has 5 heteroatoms. The number of rotatable bonds is 6. The van der Waals surface area contributed by atoms with E-state index in [4.69, 9.17) is 0 Å². The zero-order valence-electron chi connectivity index (χ0n) is 8.82. The second-order valence-corrected chi connectivity index (χ2v) is 4.80. The minimum absolute atomic E-state index is 0.0774. The van der Waals surface area contributed by atoms with Crippen LogP contribution in [-0.2, 0) is 0 Å². The summed E-state index contributed by atoms with van der Waals surface area (Å²) in [4.78, 5) is 0. The first-order valence-electron chi connectivity index (χ1n) is 4.72. The molecule has 0 aliphatic carbocycles. The van der Waals surface area contributed by atoms with E-state index in [9.17, 15) is 13.2 Å². The maximum Gasteiger partial charge on any atom is 0.441 e. The topological polar surface area (TPSA) is 12.0 Å². The van der Waals surface area contributed by atoms with Crippen molar-refractivity contribution in [2.45, 2.75) is 25.8 Å². The molecule has 0 spiro atoms. The average Bonchev–Trinajstić information content (AvgIpc) is 2.00. The van der Waals surface area contributed by atoms with Crippen LogP contribution in [0.5, 0.6) is 0 Å². The van der Waals surface area contributed by atoms with Crippen LogP contribution in [0.2, 0.25) is 0 Å². The Labute approximate surface area is 87.8 Å². The molecule has 0 radical (unpaired) electrons. The maximum atomic E-state index is 11.8. The van der Waals surface area contributed by atoms with Crippen LogP contribution in [0.1, 0.15) is 20.3 Å². The van der Waals surface area contributed by atoms with Crippen LogP contribution in [-0.4, -0.2) is 24.9 Å². The highest BCUT2D eigenvalue weighted by Gasteiger charge is 2.28. The predicted octanol–water partition coefficient (Wildman–Crippen LogP) is 3.12. The van der Waals surface area contributed by atoms with E-state index >= 15 is 0 Å². The van der Waals surface area contributed by atoms with Gasteiger partial charge in [-0.2, -0.15) is 13.2 Å². The lowest BCUT2D eigenvalue weighted by Crippen LogP contribution is -2.24. The van der Waals surface area contributed by atoms with Crippen molar-refractivity contribution >= 4 is 11.8 Å². The lowest BCUT2D eigenvalue weighted by molar-refractivity contribution is -0.0328. The van der Waals surface area contributed by atoms with Crippen molar-refractivity contribution in [3.63, 3.8) is 0 Å². The van der Waals surface area contributed by atoms with E-state index in [1.54, 1.807) is 0 Å². The summed E-state index contributed by atoms with van der Waals surface area (Å²) in [7, 11) is 1.83. The van der Waals surface area contributed by atoms with Gasteiger partial charge in [0.15, 0.2) is 0 Å². The molecule has 1 nitrogen and oxygen atoms in total. The molecule has 0 aliphatic rings. The highest BCUT2D eigenvalue weighted by Crippen LogP contribution is 2.31. The van der Waals surface area contributed by atoms with Crippen molar-refractivity contribution in [2.24, 2.45) is 11.8 Å². The van der Waals surface area contributed by atoms with Gasteiger partial charge in [0.05, 0.1) is 0 Å². The molecule has 0 rings (SSSR count). The molecule has 0 aromatic rings. The normalized spacial score (nSPS) is 14.8. The Hall–Kier alpha value is 0.100. The molecule has 1 N–H and O–H groups in total. The van der Waals surface area contributed by atoms with Gasteiger partial charge in [0.2, 0.25) is 0 Å². The maximum absolute atomic E-state index is 11.8. The van der Waals surface area contributed by atoms with E-state index < -0.39 is 5.51 Å². The first-order valence-corrected chi connectivity index (χ1v) is 5.70. The molecule has 86 valence electrons. The molecule has 0 saturated heterocycles. The second kappa shape index (κ2) is 6.56. The minimum atomic E-state index is -4.08. The summed E-state index contributed by atoms with van der Waals surface area (Å²) in [5.74, 6) is 0.916. The monoisotopic (exact) mass is 229 g/mol. The Morgan fingerprint density at radius 1 is 1.29 bits per heavy atom. The molecule has 0 aromatic carbocycles. The molecule has 1 unspecified atom stereocenters. The van der Waals surface area contributed by atoms with E-state index in [0.717, 1.165) is 6.54 Å². The Kier molecular flexibility index (Phi) is 6.61. The van der Waals surface area contributed by atoms with Crippen molar-refractivity contribution in [2.75, 3.05) is 19.3 Å². The lowest BCUT2D eigenvalue weighted by Gasteiger charge is -2.20. The third-order valence-electron chi connectivity index (χ3n) is 2.16. The predicted molar refractivity (Wildman–Crippen MR) is 55.4 cm³/mol. The molecule has 0 aromatic heterocycles. The molecule has 0 heterocycles. The zero-order valence-corrected chi connectivity index (χ0v) is 9.63. The molecule has 0 aliphatic heterocycles. The van der Waals surface area contributed by atoms with Gasteiger partial charge >= 0.3 is 5.51 Å². The smallest absolute Gasteiger partial charge is 0.319 e. The quantitative estimate of drug-likeness (QED) is 0.751. The molecule has 14 heavy (non-hydrogen) atoms. The summed E-state index contributed by atoms with van der Waals surface area (Å²) in [6, 6.07) is 0. The SMILES string of the molecule is CNCC(CCSC(F)(F)F)C(C)C. The molecule has 0 fully saturated rings. The van der Waals surface area contributed by atoms with Crippen molar-refractivity contribution in [3.8, 4) is 0 Å². The highest BCUT2D eigenvalue weighted by molar-refractivity contribution is 8.00. The van der Waals surface area contributed by atoms with E-state index in [1.807, 2.05) is 20.9 Å². The van der Waals surface area contributed by atoms with E-state index in [2.05, 4.69) is 5.32 Å². The van der Waals surface area contributed by atoms with Gasteiger partial charge in [-0.05, 0) is 31.8 Å². The number of hydrogen-bond acceptors (Lipinski definition) is 2. The number of hydrogen-bond donors (Lipinski definition) is 1. The van der Waals surface area contributed by atoms with Crippen LogP contribution >= 0.6 is 11.8 Å². The highest BCUT2D eigenvalue weighted by atomic mass is 32.2. The number of halogens is 3. The standard InChI is InChI=1S/C9H18F3NS/c1-7(2)8(6-13-3)4-5-14-9(10,11)12/h7-8,13H,4-6H2,1-3H3. The molecule has 0 amide bonds. The summed E-state index contributed by atoms with van der Waals surface area (Å²) >= 11 is 0.0774. The van der Waals surface area contributed by atoms with Gasteiger partial charge in [0.1, 0.15) is 0 Å². The molecular weight excluding hydrogens is 211 g/mol. The van der Waals surface area contributed by atoms with Gasteiger partial charge in [-0.3, -0.25) is 0 Å². The van der Waals surface area contributed by atoms with Crippen LogP contribution in [0, 0.1) is 11.8 Å². The Bertz CT molecular complexity index is 147. The van der Waals surface area contributed by atoms with Crippen molar-refractivity contribution < 1.29 is 13.2 Å². The van der Waals surface area contributed by atoms with Crippen LogP contribution in [0.4, 0.5) is 13.2 Å². The Balaban J connectivity index is 3.72. The van der Waals surface area contributed by atoms with Crippen LogP contribution in [0.15, 0.2) is 0 Å². The fourth-order valence-corrected chi connectivity index (χ4v) is 1.91. The van der Waals surface area contributed by atoms with Crippen molar-refractivity contribution in [1.29, 1.82) is 0 Å². The van der Waals surface area contributed by atoms with Gasteiger partial charge in [-0.25, -0.2) is 0 Å². The molecule has 0 bridgehead atoms. The molecular formula is C9H18F3NS. The number of thioether (sulfide) groups is 1. The third-order valence-corrected chi connectivity index (χ3v) is 2.93. The largest absolute Gasteiger partial charge is 0.441 e. The molecule has 1 atom stereocenters. The first-order chi connectivity index (χ1) is 6.37. The van der Waals surface area contributed by atoms with Crippen LogP contribution in [0.25, 0.3) is 0 Å². The fourth-order valence-electron chi connectivity index (χ4n) is 1.26. The number of alkyl halides is 3. The van der Waals surface area contributed by atoms with Gasteiger partial charge in [0, 0.05) is 5.75 Å². The van der Waals surface area contributed by atoms with E-state index in [1.165, 1.54) is 0 Å².